The monoisotopic (exact) mass is 314 g/mol. The highest BCUT2D eigenvalue weighted by Crippen LogP contribution is 2.22. The van der Waals surface area contributed by atoms with E-state index in [2.05, 4.69) is 0 Å². The highest BCUT2D eigenvalue weighted by Gasteiger charge is 2.08. The average molecular weight is 315 g/mol. The van der Waals surface area contributed by atoms with Gasteiger partial charge in [0.1, 0.15) is 22.5 Å². The Labute approximate surface area is 132 Å². The molecule has 112 valence electrons. The number of hydrogen-bond donors (Lipinski definition) is 1. The number of aromatic hydroxyl groups is 1. The Bertz CT molecular complexity index is 850. The van der Waals surface area contributed by atoms with Crippen LogP contribution in [0.4, 0.5) is 0 Å². The van der Waals surface area contributed by atoms with Crippen molar-refractivity contribution in [3.8, 4) is 5.75 Å². The lowest BCUT2D eigenvalue weighted by Crippen LogP contribution is -2.03. The van der Waals surface area contributed by atoms with Crippen molar-refractivity contribution in [3.63, 3.8) is 0 Å². The number of rotatable bonds is 4. The van der Waals surface area contributed by atoms with E-state index < -0.39 is 0 Å². The number of fused-ring (bicyclic) bond motifs is 1. The predicted octanol–water partition coefficient (Wildman–Crippen LogP) is 4.33. The first-order valence-electron chi connectivity index (χ1n) is 7.12. The van der Waals surface area contributed by atoms with Crippen molar-refractivity contribution in [2.45, 2.75) is 19.3 Å². The largest absolute Gasteiger partial charge is 0.507 e. The molecule has 3 nitrogen and oxygen atoms in total. The van der Waals surface area contributed by atoms with Crippen molar-refractivity contribution in [2.75, 3.05) is 0 Å². The molecule has 2 aromatic carbocycles. The molecule has 4 heteroatoms. The van der Waals surface area contributed by atoms with Crippen molar-refractivity contribution < 1.29 is 9.52 Å². The topological polar surface area (TPSA) is 50.4 Å². The predicted molar refractivity (Wildman–Crippen MR) is 87.6 cm³/mol. The highest BCUT2D eigenvalue weighted by atomic mass is 35.5. The Morgan fingerprint density at radius 1 is 1.05 bits per heavy atom. The van der Waals surface area contributed by atoms with Gasteiger partial charge in [-0.1, -0.05) is 29.8 Å². The SMILES string of the molecule is O=c1cc(CCCc2ccc(Cl)cc2)oc2cccc(O)c12. The summed E-state index contributed by atoms with van der Waals surface area (Å²) in [5.41, 5.74) is 1.42. The van der Waals surface area contributed by atoms with Gasteiger partial charge in [-0.25, -0.2) is 0 Å². The third-order valence-electron chi connectivity index (χ3n) is 3.59. The fourth-order valence-electron chi connectivity index (χ4n) is 2.48. The van der Waals surface area contributed by atoms with Gasteiger partial charge in [0.15, 0.2) is 5.43 Å². The Hall–Kier alpha value is -2.26. The van der Waals surface area contributed by atoms with E-state index in [1.165, 1.54) is 17.7 Å². The van der Waals surface area contributed by atoms with Crippen LogP contribution in [0.1, 0.15) is 17.7 Å². The summed E-state index contributed by atoms with van der Waals surface area (Å²) in [5, 5.41) is 10.7. The molecule has 0 aliphatic heterocycles. The van der Waals surface area contributed by atoms with Crippen LogP contribution >= 0.6 is 11.6 Å². The summed E-state index contributed by atoms with van der Waals surface area (Å²) in [6, 6.07) is 14.0. The first kappa shape index (κ1) is 14.7. The van der Waals surface area contributed by atoms with Gasteiger partial charge in [0, 0.05) is 17.5 Å². The molecule has 3 rings (SSSR count). The van der Waals surface area contributed by atoms with E-state index in [0.29, 0.717) is 17.8 Å². The lowest BCUT2D eigenvalue weighted by Gasteiger charge is -2.04. The van der Waals surface area contributed by atoms with E-state index in [1.807, 2.05) is 24.3 Å². The maximum Gasteiger partial charge on any atom is 0.196 e. The minimum Gasteiger partial charge on any atom is -0.507 e. The van der Waals surface area contributed by atoms with Crippen LogP contribution in [0, 0.1) is 0 Å². The molecule has 0 amide bonds. The molecule has 1 heterocycles. The summed E-state index contributed by atoms with van der Waals surface area (Å²) in [4.78, 5) is 12.1. The van der Waals surface area contributed by atoms with E-state index in [0.717, 1.165) is 17.9 Å². The van der Waals surface area contributed by atoms with Crippen molar-refractivity contribution in [1.82, 2.24) is 0 Å². The maximum atomic E-state index is 12.1. The van der Waals surface area contributed by atoms with Gasteiger partial charge < -0.3 is 9.52 Å². The van der Waals surface area contributed by atoms with Crippen molar-refractivity contribution in [3.05, 3.63) is 75.1 Å². The van der Waals surface area contributed by atoms with Gasteiger partial charge in [-0.3, -0.25) is 4.79 Å². The maximum absolute atomic E-state index is 12.1. The van der Waals surface area contributed by atoms with Gasteiger partial charge in [-0.05, 0) is 42.7 Å². The Morgan fingerprint density at radius 2 is 1.82 bits per heavy atom. The number of hydrogen-bond acceptors (Lipinski definition) is 3. The Morgan fingerprint density at radius 3 is 2.59 bits per heavy atom. The minimum absolute atomic E-state index is 0.0426. The zero-order valence-corrected chi connectivity index (χ0v) is 12.6. The molecule has 1 aromatic heterocycles. The van der Waals surface area contributed by atoms with Crippen LogP contribution < -0.4 is 5.43 Å². The second-order valence-electron chi connectivity index (χ2n) is 5.21. The number of phenolic OH excluding ortho intramolecular Hbond substituents is 1. The minimum atomic E-state index is -0.208. The molecule has 0 aliphatic rings. The summed E-state index contributed by atoms with van der Waals surface area (Å²) in [5.74, 6) is 0.594. The third-order valence-corrected chi connectivity index (χ3v) is 3.84. The zero-order chi connectivity index (χ0) is 15.5. The molecule has 0 aliphatic carbocycles. The molecule has 0 bridgehead atoms. The van der Waals surface area contributed by atoms with Crippen LogP contribution in [-0.2, 0) is 12.8 Å². The number of benzene rings is 2. The van der Waals surface area contributed by atoms with Gasteiger partial charge in [-0.15, -0.1) is 0 Å². The van der Waals surface area contributed by atoms with E-state index in [4.69, 9.17) is 16.0 Å². The fraction of sp³-hybridized carbons (Fsp3) is 0.167. The van der Waals surface area contributed by atoms with Gasteiger partial charge in [0.2, 0.25) is 0 Å². The summed E-state index contributed by atoms with van der Waals surface area (Å²) >= 11 is 5.86. The summed E-state index contributed by atoms with van der Waals surface area (Å²) in [6.07, 6.45) is 2.43. The summed E-state index contributed by atoms with van der Waals surface area (Å²) in [6.45, 7) is 0. The van der Waals surface area contributed by atoms with Crippen LogP contribution in [0.5, 0.6) is 5.75 Å². The Balaban J connectivity index is 1.74. The van der Waals surface area contributed by atoms with Crippen molar-refractivity contribution >= 4 is 22.6 Å². The molecule has 3 aromatic rings. The molecule has 0 atom stereocenters. The summed E-state index contributed by atoms with van der Waals surface area (Å²) < 4.78 is 5.70. The molecule has 0 saturated heterocycles. The molecule has 0 saturated carbocycles. The third kappa shape index (κ3) is 3.15. The Kier molecular flexibility index (Phi) is 4.16. The van der Waals surface area contributed by atoms with E-state index in [1.54, 1.807) is 12.1 Å². The molecule has 0 spiro atoms. The molecule has 22 heavy (non-hydrogen) atoms. The van der Waals surface area contributed by atoms with Gasteiger partial charge in [-0.2, -0.15) is 0 Å². The molecule has 0 fully saturated rings. The quantitative estimate of drug-likeness (QED) is 0.780. The second kappa shape index (κ2) is 6.24. The van der Waals surface area contributed by atoms with E-state index in [9.17, 15) is 9.90 Å². The van der Waals surface area contributed by atoms with Gasteiger partial charge >= 0.3 is 0 Å². The van der Waals surface area contributed by atoms with Gasteiger partial charge in [0.25, 0.3) is 0 Å². The molecule has 1 N–H and O–H groups in total. The fourth-order valence-corrected chi connectivity index (χ4v) is 2.61. The lowest BCUT2D eigenvalue weighted by molar-refractivity contribution is 0.477. The highest BCUT2D eigenvalue weighted by molar-refractivity contribution is 6.30. The van der Waals surface area contributed by atoms with Crippen LogP contribution in [0.2, 0.25) is 5.02 Å². The number of aryl methyl sites for hydroxylation is 2. The van der Waals surface area contributed by atoms with Crippen molar-refractivity contribution in [1.29, 1.82) is 0 Å². The zero-order valence-electron chi connectivity index (χ0n) is 11.9. The molecule has 0 unspecified atom stereocenters. The molecular formula is C18H15ClO3. The first-order valence-corrected chi connectivity index (χ1v) is 7.50. The number of phenols is 1. The molecular weight excluding hydrogens is 300 g/mol. The standard InChI is InChI=1S/C18H15ClO3/c19-13-9-7-12(8-10-13)3-1-4-14-11-16(21)18-15(20)5-2-6-17(18)22-14/h2,5-11,20H,1,3-4H2. The van der Waals surface area contributed by atoms with Crippen LogP contribution in [0.25, 0.3) is 11.0 Å². The summed E-state index contributed by atoms with van der Waals surface area (Å²) in [7, 11) is 0. The second-order valence-corrected chi connectivity index (χ2v) is 5.64. The van der Waals surface area contributed by atoms with E-state index in [-0.39, 0.29) is 16.6 Å². The molecule has 0 radical (unpaired) electrons. The lowest BCUT2D eigenvalue weighted by atomic mass is 10.1. The van der Waals surface area contributed by atoms with Crippen LogP contribution in [0.3, 0.4) is 0 Å². The van der Waals surface area contributed by atoms with Crippen LogP contribution in [-0.4, -0.2) is 5.11 Å². The normalized spacial score (nSPS) is 11.0. The number of halogens is 1. The van der Waals surface area contributed by atoms with Crippen LogP contribution in [0.15, 0.2) is 57.7 Å². The van der Waals surface area contributed by atoms with Gasteiger partial charge in [0.05, 0.1) is 0 Å². The van der Waals surface area contributed by atoms with E-state index >= 15 is 0 Å². The average Bonchev–Trinajstić information content (AvgIpc) is 2.49. The van der Waals surface area contributed by atoms with Crippen molar-refractivity contribution in [2.24, 2.45) is 0 Å². The smallest absolute Gasteiger partial charge is 0.196 e. The first-order chi connectivity index (χ1) is 10.6.